The van der Waals surface area contributed by atoms with Gasteiger partial charge in [0.25, 0.3) is 5.91 Å². The lowest BCUT2D eigenvalue weighted by Gasteiger charge is -2.24. The first-order valence-corrected chi connectivity index (χ1v) is 10.00. The van der Waals surface area contributed by atoms with Crippen LogP contribution in [0.4, 0.5) is 0 Å². The number of rotatable bonds is 5. The minimum atomic E-state index is -3.31. The lowest BCUT2D eigenvalue weighted by molar-refractivity contribution is 0.0718. The third kappa shape index (κ3) is 4.20. The molecule has 1 aliphatic heterocycles. The fourth-order valence-electron chi connectivity index (χ4n) is 2.97. The van der Waals surface area contributed by atoms with E-state index in [0.717, 1.165) is 11.9 Å². The highest BCUT2D eigenvalue weighted by atomic mass is 32.2. The summed E-state index contributed by atoms with van der Waals surface area (Å²) < 4.78 is 32.4. The maximum absolute atomic E-state index is 13.0. The number of carbonyl (C=O) groups is 1. The average Bonchev–Trinajstić information content (AvgIpc) is 2.96. The van der Waals surface area contributed by atoms with Gasteiger partial charge in [-0.15, -0.1) is 0 Å². The van der Waals surface area contributed by atoms with Crippen LogP contribution in [0, 0.1) is 5.92 Å². The van der Waals surface area contributed by atoms with Gasteiger partial charge in [0.05, 0.1) is 25.6 Å². The monoisotopic (exact) mass is 379 g/mol. The SMILES string of the molecule is COc1ncccc1C(=O)N1Cc2ccnn2C[C@@H](CNS(C)(=O)=O)C1. The molecule has 0 radical (unpaired) electrons. The van der Waals surface area contributed by atoms with E-state index in [2.05, 4.69) is 14.8 Å². The Bertz CT molecular complexity index is 896. The zero-order valence-corrected chi connectivity index (χ0v) is 15.4. The zero-order chi connectivity index (χ0) is 18.7. The van der Waals surface area contributed by atoms with E-state index in [1.54, 1.807) is 29.4 Å². The number of hydrogen-bond acceptors (Lipinski definition) is 6. The molecule has 1 N–H and O–H groups in total. The van der Waals surface area contributed by atoms with Crippen molar-refractivity contribution in [1.82, 2.24) is 24.4 Å². The highest BCUT2D eigenvalue weighted by Gasteiger charge is 2.28. The highest BCUT2D eigenvalue weighted by Crippen LogP contribution is 2.21. The molecule has 0 aromatic carbocycles. The molecule has 3 rings (SSSR count). The average molecular weight is 379 g/mol. The summed E-state index contributed by atoms with van der Waals surface area (Å²) in [6.07, 6.45) is 4.35. The van der Waals surface area contributed by atoms with Gasteiger partial charge in [-0.1, -0.05) is 0 Å². The van der Waals surface area contributed by atoms with Crippen molar-refractivity contribution in [2.45, 2.75) is 13.1 Å². The lowest BCUT2D eigenvalue weighted by atomic mass is 10.1. The highest BCUT2D eigenvalue weighted by molar-refractivity contribution is 7.88. The van der Waals surface area contributed by atoms with E-state index in [0.29, 0.717) is 25.2 Å². The van der Waals surface area contributed by atoms with E-state index in [9.17, 15) is 13.2 Å². The van der Waals surface area contributed by atoms with Crippen molar-refractivity contribution in [3.63, 3.8) is 0 Å². The number of nitrogens with one attached hydrogen (secondary N) is 1. The lowest BCUT2D eigenvalue weighted by Crippen LogP contribution is -2.39. The van der Waals surface area contributed by atoms with Gasteiger partial charge in [-0.25, -0.2) is 18.1 Å². The third-order valence-electron chi connectivity index (χ3n) is 4.18. The summed E-state index contributed by atoms with van der Waals surface area (Å²) in [4.78, 5) is 18.8. The molecular weight excluding hydrogens is 358 g/mol. The van der Waals surface area contributed by atoms with Crippen molar-refractivity contribution in [1.29, 1.82) is 0 Å². The molecule has 2 aromatic rings. The van der Waals surface area contributed by atoms with Gasteiger partial charge in [-0.2, -0.15) is 5.10 Å². The molecule has 0 bridgehead atoms. The summed E-state index contributed by atoms with van der Waals surface area (Å²) in [6, 6.07) is 5.20. The second-order valence-corrected chi connectivity index (χ2v) is 8.07. The van der Waals surface area contributed by atoms with Crippen molar-refractivity contribution >= 4 is 15.9 Å². The topological polar surface area (TPSA) is 106 Å². The molecule has 10 heteroatoms. The van der Waals surface area contributed by atoms with Crippen LogP contribution in [-0.2, 0) is 23.1 Å². The van der Waals surface area contributed by atoms with Gasteiger partial charge < -0.3 is 9.64 Å². The summed E-state index contributed by atoms with van der Waals surface area (Å²) in [6.45, 7) is 1.53. The van der Waals surface area contributed by atoms with Crippen LogP contribution < -0.4 is 9.46 Å². The van der Waals surface area contributed by atoms with Gasteiger partial charge in [-0.05, 0) is 18.2 Å². The van der Waals surface area contributed by atoms with Crippen LogP contribution in [0.1, 0.15) is 16.1 Å². The van der Waals surface area contributed by atoms with Crippen LogP contribution >= 0.6 is 0 Å². The summed E-state index contributed by atoms with van der Waals surface area (Å²) in [7, 11) is -1.85. The predicted octanol–water partition coefficient (Wildman–Crippen LogP) is 0.108. The van der Waals surface area contributed by atoms with Crippen LogP contribution in [0.15, 0.2) is 30.6 Å². The molecule has 140 valence electrons. The fourth-order valence-corrected chi connectivity index (χ4v) is 3.51. The first kappa shape index (κ1) is 18.3. The maximum Gasteiger partial charge on any atom is 0.259 e. The maximum atomic E-state index is 13.0. The number of nitrogens with zero attached hydrogens (tertiary/aromatic N) is 4. The Morgan fingerprint density at radius 1 is 1.35 bits per heavy atom. The van der Waals surface area contributed by atoms with Crippen molar-refractivity contribution in [2.24, 2.45) is 5.92 Å². The van der Waals surface area contributed by atoms with Crippen LogP contribution in [-0.4, -0.2) is 60.4 Å². The summed E-state index contributed by atoms with van der Waals surface area (Å²) >= 11 is 0. The molecule has 26 heavy (non-hydrogen) atoms. The Labute approximate surface area is 152 Å². The number of pyridine rings is 1. The summed E-state index contributed by atoms with van der Waals surface area (Å²) in [5, 5.41) is 4.28. The van der Waals surface area contributed by atoms with Crippen molar-refractivity contribution in [3.05, 3.63) is 41.9 Å². The molecule has 0 fully saturated rings. The van der Waals surface area contributed by atoms with E-state index in [-0.39, 0.29) is 24.2 Å². The van der Waals surface area contributed by atoms with Gasteiger partial charge in [0.15, 0.2) is 0 Å². The zero-order valence-electron chi connectivity index (χ0n) is 14.6. The van der Waals surface area contributed by atoms with E-state index >= 15 is 0 Å². The molecular formula is C16H21N5O4S. The largest absolute Gasteiger partial charge is 0.480 e. The molecule has 0 spiro atoms. The standard InChI is InChI=1S/C16H21N5O4S/c1-25-15-14(4-3-6-17-15)16(22)20-9-12(8-19-26(2,23)24)10-21-13(11-20)5-7-18-21/h3-7,12,19H,8-11H2,1-2H3/t12-/m0/s1. The van der Waals surface area contributed by atoms with Crippen LogP contribution in [0.3, 0.4) is 0 Å². The van der Waals surface area contributed by atoms with Crippen molar-refractivity contribution in [2.75, 3.05) is 26.5 Å². The molecule has 3 heterocycles. The Hall–Kier alpha value is -2.46. The van der Waals surface area contributed by atoms with Gasteiger partial charge in [0.1, 0.15) is 5.56 Å². The van der Waals surface area contributed by atoms with E-state index in [1.165, 1.54) is 7.11 Å². The number of hydrogen-bond donors (Lipinski definition) is 1. The Kier molecular flexibility index (Phi) is 5.23. The normalized spacial score (nSPS) is 17.5. The number of fused-ring (bicyclic) bond motifs is 1. The molecule has 0 unspecified atom stereocenters. The molecule has 1 amide bonds. The molecule has 2 aromatic heterocycles. The van der Waals surface area contributed by atoms with E-state index in [4.69, 9.17) is 4.74 Å². The number of ether oxygens (including phenoxy) is 1. The Morgan fingerprint density at radius 2 is 2.15 bits per heavy atom. The molecule has 1 atom stereocenters. The van der Waals surface area contributed by atoms with Crippen LogP contribution in [0.2, 0.25) is 0 Å². The van der Waals surface area contributed by atoms with Gasteiger partial charge in [0, 0.05) is 37.9 Å². The quantitative estimate of drug-likeness (QED) is 0.790. The molecule has 0 saturated heterocycles. The summed E-state index contributed by atoms with van der Waals surface area (Å²) in [5.41, 5.74) is 1.26. The molecule has 0 aliphatic carbocycles. The third-order valence-corrected chi connectivity index (χ3v) is 4.87. The smallest absolute Gasteiger partial charge is 0.259 e. The number of methoxy groups -OCH3 is 1. The Balaban J connectivity index is 1.86. The van der Waals surface area contributed by atoms with E-state index in [1.807, 2.05) is 10.7 Å². The van der Waals surface area contributed by atoms with Crippen LogP contribution in [0.25, 0.3) is 0 Å². The number of carbonyl (C=O) groups excluding carboxylic acids is 1. The minimum absolute atomic E-state index is 0.113. The van der Waals surface area contributed by atoms with Crippen molar-refractivity contribution < 1.29 is 17.9 Å². The van der Waals surface area contributed by atoms with Gasteiger partial charge >= 0.3 is 0 Å². The fraction of sp³-hybridized carbons (Fsp3) is 0.438. The Morgan fingerprint density at radius 3 is 2.88 bits per heavy atom. The minimum Gasteiger partial charge on any atom is -0.480 e. The second kappa shape index (κ2) is 7.42. The number of sulfonamides is 1. The van der Waals surface area contributed by atoms with Crippen molar-refractivity contribution in [3.8, 4) is 5.88 Å². The molecule has 9 nitrogen and oxygen atoms in total. The van der Waals surface area contributed by atoms with Crippen LogP contribution in [0.5, 0.6) is 5.88 Å². The number of aromatic nitrogens is 3. The van der Waals surface area contributed by atoms with Gasteiger partial charge in [0.2, 0.25) is 15.9 Å². The number of amides is 1. The molecule has 0 saturated carbocycles. The first-order valence-electron chi connectivity index (χ1n) is 8.11. The summed E-state index contributed by atoms with van der Waals surface area (Å²) in [5.74, 6) is -0.0625. The van der Waals surface area contributed by atoms with E-state index < -0.39 is 10.0 Å². The predicted molar refractivity (Wildman–Crippen MR) is 94.1 cm³/mol. The first-order chi connectivity index (χ1) is 12.4. The molecule has 1 aliphatic rings. The van der Waals surface area contributed by atoms with Gasteiger partial charge in [-0.3, -0.25) is 9.48 Å². The second-order valence-electron chi connectivity index (χ2n) is 6.24.